The fraction of sp³-hybridized carbons (Fsp3) is 0.625. The summed E-state index contributed by atoms with van der Waals surface area (Å²) in [6, 6.07) is 0. The maximum atomic E-state index is 3.48. The molecule has 0 bridgehead atoms. The maximum absolute atomic E-state index is 3.48. The molecule has 0 saturated heterocycles. The van der Waals surface area contributed by atoms with Gasteiger partial charge >= 0.3 is 0 Å². The van der Waals surface area contributed by atoms with Gasteiger partial charge in [-0.15, -0.1) is 6.58 Å². The minimum atomic E-state index is 1.08. The van der Waals surface area contributed by atoms with Crippen molar-refractivity contribution in [1.29, 1.82) is 0 Å². The summed E-state index contributed by atoms with van der Waals surface area (Å²) in [5.74, 6) is 0. The Bertz CT molecular complexity index is 98.0. The molecule has 0 nitrogen and oxygen atoms in total. The van der Waals surface area contributed by atoms with Crippen LogP contribution in [0.1, 0.15) is 67.7 Å². The summed E-state index contributed by atoms with van der Waals surface area (Å²) in [5, 5.41) is 0. The molecule has 0 aliphatic rings. The molecule has 0 saturated carbocycles. The molecule has 0 aromatic rings. The lowest BCUT2D eigenvalue weighted by Gasteiger charge is -1.68. The third-order valence-corrected chi connectivity index (χ3v) is 1.46. The summed E-state index contributed by atoms with van der Waals surface area (Å²) in [5.41, 5.74) is 0. The van der Waals surface area contributed by atoms with Gasteiger partial charge in [-0.2, -0.15) is 0 Å². The Morgan fingerprint density at radius 1 is 0.688 bits per heavy atom. The van der Waals surface area contributed by atoms with E-state index in [1.165, 1.54) is 12.8 Å². The van der Waals surface area contributed by atoms with E-state index in [9.17, 15) is 0 Å². The summed E-state index contributed by atoms with van der Waals surface area (Å²) in [7, 11) is 0. The van der Waals surface area contributed by atoms with Crippen molar-refractivity contribution in [2.45, 2.75) is 67.7 Å². The summed E-state index contributed by atoms with van der Waals surface area (Å²) < 4.78 is 0. The highest BCUT2D eigenvalue weighted by molar-refractivity contribution is 4.68. The van der Waals surface area contributed by atoms with Gasteiger partial charge in [-0.1, -0.05) is 64.0 Å². The van der Waals surface area contributed by atoms with E-state index in [-0.39, 0.29) is 0 Å². The van der Waals surface area contributed by atoms with Crippen LogP contribution in [0.2, 0.25) is 0 Å². The number of allylic oxidation sites excluding steroid dienone is 5. The summed E-state index contributed by atoms with van der Waals surface area (Å²) >= 11 is 0. The van der Waals surface area contributed by atoms with E-state index in [0.29, 0.717) is 0 Å². The van der Waals surface area contributed by atoms with Crippen molar-refractivity contribution in [2.24, 2.45) is 0 Å². The molecule has 0 heterocycles. The van der Waals surface area contributed by atoms with Crippen molar-refractivity contribution in [2.75, 3.05) is 0 Å². The minimum absolute atomic E-state index is 1.08. The van der Waals surface area contributed by atoms with E-state index in [0.717, 1.165) is 6.42 Å². The zero-order valence-electron chi connectivity index (χ0n) is 12.7. The Morgan fingerprint density at radius 2 is 0.875 bits per heavy atom. The van der Waals surface area contributed by atoms with Gasteiger partial charge in [0.15, 0.2) is 0 Å². The van der Waals surface area contributed by atoms with Gasteiger partial charge < -0.3 is 0 Å². The third kappa shape index (κ3) is 190. The smallest absolute Gasteiger partial charge is 0.0382 e. The minimum Gasteiger partial charge on any atom is -0.103 e. The number of unbranched alkanes of at least 4 members (excludes halogenated alkanes) is 1. The second kappa shape index (κ2) is 47.7. The molecule has 0 spiro atoms. The van der Waals surface area contributed by atoms with Gasteiger partial charge in [0.05, 0.1) is 0 Å². The van der Waals surface area contributed by atoms with Crippen LogP contribution in [0.5, 0.6) is 0 Å². The van der Waals surface area contributed by atoms with E-state index in [4.69, 9.17) is 0 Å². The van der Waals surface area contributed by atoms with Gasteiger partial charge in [-0.3, -0.25) is 0 Å². The van der Waals surface area contributed by atoms with E-state index >= 15 is 0 Å². The second-order valence-electron chi connectivity index (χ2n) is 3.03. The highest BCUT2D eigenvalue weighted by Crippen LogP contribution is 1.76. The molecule has 0 amide bonds. The lowest BCUT2D eigenvalue weighted by molar-refractivity contribution is 0.886. The molecule has 0 aliphatic carbocycles. The Morgan fingerprint density at radius 3 is 0.875 bits per heavy atom. The van der Waals surface area contributed by atoms with Crippen LogP contribution < -0.4 is 0 Å². The Labute approximate surface area is 105 Å². The zero-order valence-corrected chi connectivity index (χ0v) is 12.7. The van der Waals surface area contributed by atoms with Crippen molar-refractivity contribution in [1.82, 2.24) is 0 Å². The molecule has 98 valence electrons. The van der Waals surface area contributed by atoms with Crippen molar-refractivity contribution in [3.8, 4) is 0 Å². The molecule has 0 atom stereocenters. The Balaban J connectivity index is -0.0000000600. The molecule has 16 heavy (non-hydrogen) atoms. The van der Waals surface area contributed by atoms with Gasteiger partial charge in [0, 0.05) is 0 Å². The molecule has 0 heteroatoms. The first kappa shape index (κ1) is 24.4. The number of hydrogen-bond donors (Lipinski definition) is 0. The van der Waals surface area contributed by atoms with Gasteiger partial charge in [-0.25, -0.2) is 0 Å². The highest BCUT2D eigenvalue weighted by atomic mass is 13.6. The molecule has 0 aromatic carbocycles. The first-order valence-electron chi connectivity index (χ1n) is 6.41. The van der Waals surface area contributed by atoms with Crippen LogP contribution in [0, 0.1) is 0 Å². The Kier molecular flexibility index (Phi) is 72.8. The summed E-state index contributed by atoms with van der Waals surface area (Å²) in [4.78, 5) is 0. The fourth-order valence-corrected chi connectivity index (χ4v) is 0. The van der Waals surface area contributed by atoms with Crippen LogP contribution in [-0.2, 0) is 0 Å². The van der Waals surface area contributed by atoms with Crippen molar-refractivity contribution < 1.29 is 0 Å². The van der Waals surface area contributed by atoms with Crippen LogP contribution in [0.15, 0.2) is 37.0 Å². The van der Waals surface area contributed by atoms with E-state index in [2.05, 4.69) is 27.4 Å². The first-order valence-corrected chi connectivity index (χ1v) is 6.41. The predicted octanol–water partition coefficient (Wildman–Crippen LogP) is 6.55. The summed E-state index contributed by atoms with van der Waals surface area (Å²) in [6.45, 7) is 17.9. The van der Waals surface area contributed by atoms with E-state index < -0.39 is 0 Å². The van der Waals surface area contributed by atoms with Crippen molar-refractivity contribution >= 4 is 0 Å². The average molecular weight is 226 g/mol. The largest absolute Gasteiger partial charge is 0.103 e. The molecular formula is C16H34. The van der Waals surface area contributed by atoms with E-state index in [1.54, 1.807) is 0 Å². The van der Waals surface area contributed by atoms with Gasteiger partial charge in [0.1, 0.15) is 0 Å². The van der Waals surface area contributed by atoms with Crippen LogP contribution in [0.25, 0.3) is 0 Å². The number of rotatable bonds is 2. The Hall–Kier alpha value is -0.780. The second-order valence-corrected chi connectivity index (χ2v) is 3.03. The fourth-order valence-electron chi connectivity index (χ4n) is 0. The lowest BCUT2D eigenvalue weighted by atomic mass is 10.4. The summed E-state index contributed by atoms with van der Waals surface area (Å²) in [6.07, 6.45) is 13.6. The normalized spacial score (nSPS) is 8.19. The number of hydrogen-bond acceptors (Lipinski definition) is 0. The third-order valence-electron chi connectivity index (χ3n) is 1.46. The lowest BCUT2D eigenvalue weighted by Crippen LogP contribution is -1.47. The van der Waals surface area contributed by atoms with Gasteiger partial charge in [0.2, 0.25) is 0 Å². The van der Waals surface area contributed by atoms with Crippen molar-refractivity contribution in [3.63, 3.8) is 0 Å². The SMILES string of the molecule is C/C=C/C.C/C=C/C.C=CCC.CCCC. The molecule has 0 N–H and O–H groups in total. The average Bonchev–Trinajstić information content (AvgIpc) is 2.39. The topological polar surface area (TPSA) is 0 Å². The standard InChI is InChI=1S/C4H10.3C4H8/c4*1-3-4-2/h3-4H2,1-2H3;2*3-4H,1-2H3;3H,1,4H2,2H3/b;2*4-3+;. The highest BCUT2D eigenvalue weighted by Gasteiger charge is 1.56. The van der Waals surface area contributed by atoms with Crippen molar-refractivity contribution in [3.05, 3.63) is 37.0 Å². The maximum Gasteiger partial charge on any atom is -0.0382 e. The molecule has 0 fully saturated rings. The van der Waals surface area contributed by atoms with Crippen LogP contribution in [-0.4, -0.2) is 0 Å². The van der Waals surface area contributed by atoms with Crippen LogP contribution in [0.3, 0.4) is 0 Å². The molecule has 0 rings (SSSR count). The van der Waals surface area contributed by atoms with E-state index in [1.807, 2.05) is 58.1 Å². The quantitative estimate of drug-likeness (QED) is 0.468. The zero-order chi connectivity index (χ0) is 13.7. The monoisotopic (exact) mass is 226 g/mol. The van der Waals surface area contributed by atoms with Crippen LogP contribution >= 0.6 is 0 Å². The first-order chi connectivity index (χ1) is 7.66. The molecule has 0 aliphatic heterocycles. The van der Waals surface area contributed by atoms with Gasteiger partial charge in [-0.05, 0) is 34.1 Å². The molecule has 0 radical (unpaired) electrons. The predicted molar refractivity (Wildman–Crippen MR) is 82.0 cm³/mol. The van der Waals surface area contributed by atoms with Crippen LogP contribution in [0.4, 0.5) is 0 Å². The molecule has 0 aromatic heterocycles. The molecular weight excluding hydrogens is 192 g/mol. The van der Waals surface area contributed by atoms with Gasteiger partial charge in [0.25, 0.3) is 0 Å². The molecule has 0 unspecified atom stereocenters.